The van der Waals surface area contributed by atoms with Gasteiger partial charge in [-0.25, -0.2) is 0 Å². The van der Waals surface area contributed by atoms with Gasteiger partial charge in [-0.15, -0.1) is 10.2 Å². The molecule has 3 heterocycles. The van der Waals surface area contributed by atoms with E-state index in [1.807, 2.05) is 7.05 Å². The molecule has 2 unspecified atom stereocenters. The van der Waals surface area contributed by atoms with E-state index >= 15 is 0 Å². The molecular formula is C22H33N7. The van der Waals surface area contributed by atoms with E-state index in [4.69, 9.17) is 0 Å². The van der Waals surface area contributed by atoms with Gasteiger partial charge in [0.1, 0.15) is 12.2 Å². The van der Waals surface area contributed by atoms with Gasteiger partial charge in [-0.1, -0.05) is 37.3 Å². The molecule has 2 N–H and O–H groups in total. The SMILES string of the molecule is CCc1nncn1CCNC(=NC)NC1CC2CCC(C1)N2Cc1ccccc1. The molecule has 0 spiro atoms. The van der Waals surface area contributed by atoms with Crippen molar-refractivity contribution in [1.82, 2.24) is 30.3 Å². The molecule has 2 fully saturated rings. The lowest BCUT2D eigenvalue weighted by atomic mass is 9.96. The summed E-state index contributed by atoms with van der Waals surface area (Å²) < 4.78 is 2.10. The van der Waals surface area contributed by atoms with Crippen LogP contribution in [0.3, 0.4) is 0 Å². The molecule has 1 aromatic heterocycles. The van der Waals surface area contributed by atoms with Gasteiger partial charge in [0, 0.05) is 51.2 Å². The van der Waals surface area contributed by atoms with E-state index in [0.717, 1.165) is 37.8 Å². The predicted molar refractivity (Wildman–Crippen MR) is 116 cm³/mol. The number of aryl methyl sites for hydroxylation is 1. The Labute approximate surface area is 173 Å². The third kappa shape index (κ3) is 4.78. The first-order valence-corrected chi connectivity index (χ1v) is 10.9. The van der Waals surface area contributed by atoms with Crippen molar-refractivity contribution in [2.75, 3.05) is 13.6 Å². The molecule has 0 amide bonds. The Kier molecular flexibility index (Phi) is 6.44. The average molecular weight is 396 g/mol. The van der Waals surface area contributed by atoms with Crippen molar-refractivity contribution in [2.24, 2.45) is 4.99 Å². The standard InChI is InChI=1S/C22H33N7/c1-3-21-27-25-16-28(21)12-11-24-22(23-2)26-18-13-19-9-10-20(14-18)29(19)15-17-7-5-4-6-8-17/h4-8,16,18-20H,3,9-15H2,1-2H3,(H2,23,24,26). The second-order valence-electron chi connectivity index (χ2n) is 8.15. The third-order valence-electron chi connectivity index (χ3n) is 6.31. The van der Waals surface area contributed by atoms with Crippen molar-refractivity contribution in [3.05, 3.63) is 48.0 Å². The van der Waals surface area contributed by atoms with Crippen LogP contribution in [-0.2, 0) is 19.5 Å². The molecule has 2 atom stereocenters. The summed E-state index contributed by atoms with van der Waals surface area (Å²) in [6.07, 6.45) is 7.71. The van der Waals surface area contributed by atoms with E-state index in [-0.39, 0.29) is 0 Å². The lowest BCUT2D eigenvalue weighted by Crippen LogP contribution is -2.52. The number of piperidine rings is 1. The van der Waals surface area contributed by atoms with E-state index in [1.165, 1.54) is 31.2 Å². The minimum Gasteiger partial charge on any atom is -0.355 e. The summed E-state index contributed by atoms with van der Waals surface area (Å²) in [4.78, 5) is 7.17. The van der Waals surface area contributed by atoms with Crippen LogP contribution < -0.4 is 10.6 Å². The van der Waals surface area contributed by atoms with Crippen LogP contribution in [-0.4, -0.2) is 57.3 Å². The van der Waals surface area contributed by atoms with E-state index in [9.17, 15) is 0 Å². The van der Waals surface area contributed by atoms with Gasteiger partial charge in [0.15, 0.2) is 5.96 Å². The summed E-state index contributed by atoms with van der Waals surface area (Å²) >= 11 is 0. The number of hydrogen-bond acceptors (Lipinski definition) is 4. The van der Waals surface area contributed by atoms with Crippen molar-refractivity contribution in [3.63, 3.8) is 0 Å². The summed E-state index contributed by atoms with van der Waals surface area (Å²) in [5, 5.41) is 15.3. The maximum absolute atomic E-state index is 4.44. The van der Waals surface area contributed by atoms with Gasteiger partial charge in [0.25, 0.3) is 0 Å². The Hall–Kier alpha value is -2.41. The van der Waals surface area contributed by atoms with Gasteiger partial charge in [-0.05, 0) is 31.2 Å². The van der Waals surface area contributed by atoms with Crippen molar-refractivity contribution in [3.8, 4) is 0 Å². The van der Waals surface area contributed by atoms with Crippen LogP contribution in [0.1, 0.15) is 44.0 Å². The number of fused-ring (bicyclic) bond motifs is 2. The molecule has 2 saturated heterocycles. The van der Waals surface area contributed by atoms with Crippen molar-refractivity contribution >= 4 is 5.96 Å². The summed E-state index contributed by atoms with van der Waals surface area (Å²) in [5.41, 5.74) is 1.42. The second kappa shape index (κ2) is 9.39. The maximum Gasteiger partial charge on any atom is 0.191 e. The van der Waals surface area contributed by atoms with Crippen LogP contribution in [0.15, 0.2) is 41.7 Å². The van der Waals surface area contributed by atoms with Crippen molar-refractivity contribution in [2.45, 2.75) is 70.2 Å². The van der Waals surface area contributed by atoms with E-state index in [1.54, 1.807) is 6.33 Å². The number of aliphatic imine (C=N–C) groups is 1. The number of benzene rings is 1. The largest absolute Gasteiger partial charge is 0.355 e. The third-order valence-corrected chi connectivity index (χ3v) is 6.31. The Morgan fingerprint density at radius 2 is 1.93 bits per heavy atom. The number of nitrogens with one attached hydrogen (secondary N) is 2. The number of aromatic nitrogens is 3. The molecule has 1 aromatic carbocycles. The van der Waals surface area contributed by atoms with Gasteiger partial charge in [0.2, 0.25) is 0 Å². The zero-order valence-electron chi connectivity index (χ0n) is 17.6. The lowest BCUT2D eigenvalue weighted by Gasteiger charge is -2.39. The molecule has 156 valence electrons. The molecule has 2 aromatic rings. The maximum atomic E-state index is 4.44. The fraction of sp³-hybridized carbons (Fsp3) is 0.591. The minimum atomic E-state index is 0.492. The molecule has 0 aliphatic carbocycles. The molecule has 2 aliphatic heterocycles. The summed E-state index contributed by atoms with van der Waals surface area (Å²) in [7, 11) is 1.85. The van der Waals surface area contributed by atoms with Crippen molar-refractivity contribution < 1.29 is 0 Å². The highest BCUT2D eigenvalue weighted by molar-refractivity contribution is 5.79. The first-order chi connectivity index (χ1) is 14.3. The molecule has 2 bridgehead atoms. The molecule has 7 nitrogen and oxygen atoms in total. The highest BCUT2D eigenvalue weighted by Crippen LogP contribution is 2.36. The summed E-state index contributed by atoms with van der Waals surface area (Å²) in [5.74, 6) is 1.93. The van der Waals surface area contributed by atoms with Crippen LogP contribution in [0.2, 0.25) is 0 Å². The molecule has 7 heteroatoms. The molecule has 2 aliphatic rings. The highest BCUT2D eigenvalue weighted by Gasteiger charge is 2.40. The fourth-order valence-corrected chi connectivity index (χ4v) is 4.87. The normalized spacial score (nSPS) is 24.6. The van der Waals surface area contributed by atoms with Crippen LogP contribution in [0.4, 0.5) is 0 Å². The van der Waals surface area contributed by atoms with Gasteiger partial charge < -0.3 is 15.2 Å². The van der Waals surface area contributed by atoms with Gasteiger partial charge in [0.05, 0.1) is 0 Å². The monoisotopic (exact) mass is 395 g/mol. The number of rotatable bonds is 7. The number of nitrogens with zero attached hydrogens (tertiary/aromatic N) is 5. The summed E-state index contributed by atoms with van der Waals surface area (Å²) in [6, 6.07) is 12.7. The van der Waals surface area contributed by atoms with Crippen LogP contribution in [0.5, 0.6) is 0 Å². The Morgan fingerprint density at radius 1 is 1.17 bits per heavy atom. The highest BCUT2D eigenvalue weighted by atomic mass is 15.3. The molecule has 4 rings (SSSR count). The summed E-state index contributed by atoms with van der Waals surface area (Å²) in [6.45, 7) is 4.84. The van der Waals surface area contributed by atoms with E-state index in [2.05, 4.69) is 72.5 Å². The van der Waals surface area contributed by atoms with Crippen molar-refractivity contribution in [1.29, 1.82) is 0 Å². The molecule has 0 saturated carbocycles. The van der Waals surface area contributed by atoms with Gasteiger partial charge in [-0.2, -0.15) is 0 Å². The fourth-order valence-electron chi connectivity index (χ4n) is 4.87. The zero-order chi connectivity index (χ0) is 20.1. The second-order valence-corrected chi connectivity index (χ2v) is 8.15. The minimum absolute atomic E-state index is 0.492. The van der Waals surface area contributed by atoms with Crippen LogP contribution in [0.25, 0.3) is 0 Å². The van der Waals surface area contributed by atoms with E-state index in [0.29, 0.717) is 18.1 Å². The first kappa shape index (κ1) is 19.9. The Balaban J connectivity index is 1.26. The Bertz CT molecular complexity index is 787. The topological polar surface area (TPSA) is 70.4 Å². The quantitative estimate of drug-likeness (QED) is 0.556. The van der Waals surface area contributed by atoms with Gasteiger partial charge in [-0.3, -0.25) is 9.89 Å². The molecule has 0 radical (unpaired) electrons. The first-order valence-electron chi connectivity index (χ1n) is 10.9. The molecular weight excluding hydrogens is 362 g/mol. The van der Waals surface area contributed by atoms with E-state index < -0.39 is 0 Å². The van der Waals surface area contributed by atoms with Crippen LogP contribution in [0, 0.1) is 0 Å². The zero-order valence-corrected chi connectivity index (χ0v) is 17.6. The Morgan fingerprint density at radius 3 is 2.62 bits per heavy atom. The number of guanidine groups is 1. The smallest absolute Gasteiger partial charge is 0.191 e. The number of hydrogen-bond donors (Lipinski definition) is 2. The average Bonchev–Trinajstić information content (AvgIpc) is 3.29. The lowest BCUT2D eigenvalue weighted by molar-refractivity contribution is 0.114. The molecule has 29 heavy (non-hydrogen) atoms. The van der Waals surface area contributed by atoms with Gasteiger partial charge >= 0.3 is 0 Å². The predicted octanol–water partition coefficient (Wildman–Crippen LogP) is 2.20. The van der Waals surface area contributed by atoms with Crippen LogP contribution >= 0.6 is 0 Å².